The Bertz CT molecular complexity index is 1010. The maximum absolute atomic E-state index is 12.6. The molecular formula is C20H19N3O3. The number of hydrogen-bond donors (Lipinski definition) is 0. The van der Waals surface area contributed by atoms with E-state index >= 15 is 0 Å². The van der Waals surface area contributed by atoms with Crippen LogP contribution >= 0.6 is 0 Å². The predicted octanol–water partition coefficient (Wildman–Crippen LogP) is 2.78. The van der Waals surface area contributed by atoms with Crippen molar-refractivity contribution in [3.8, 4) is 0 Å². The van der Waals surface area contributed by atoms with Crippen molar-refractivity contribution in [1.82, 2.24) is 9.38 Å². The SMILES string of the molecule is Cc1nc(C(=O)OCC(=O)N2c3ccccc3C[C@@H]2C)c2ccccn12. The van der Waals surface area contributed by atoms with E-state index in [0.29, 0.717) is 11.3 Å². The van der Waals surface area contributed by atoms with E-state index in [-0.39, 0.29) is 24.2 Å². The van der Waals surface area contributed by atoms with Crippen molar-refractivity contribution < 1.29 is 14.3 Å². The van der Waals surface area contributed by atoms with Crippen LogP contribution < -0.4 is 4.90 Å². The van der Waals surface area contributed by atoms with E-state index < -0.39 is 5.97 Å². The van der Waals surface area contributed by atoms with Gasteiger partial charge in [0.25, 0.3) is 5.91 Å². The minimum Gasteiger partial charge on any atom is -0.451 e. The molecule has 1 aliphatic rings. The van der Waals surface area contributed by atoms with Gasteiger partial charge in [-0.1, -0.05) is 24.3 Å². The summed E-state index contributed by atoms with van der Waals surface area (Å²) in [6.07, 6.45) is 2.64. The van der Waals surface area contributed by atoms with Gasteiger partial charge >= 0.3 is 5.97 Å². The molecule has 3 heterocycles. The zero-order chi connectivity index (χ0) is 18.3. The summed E-state index contributed by atoms with van der Waals surface area (Å²) in [6.45, 7) is 3.51. The standard InChI is InChI=1S/C20H19N3O3/c1-13-11-15-7-3-4-8-16(15)23(13)18(24)12-26-20(25)19-17-9-5-6-10-22(17)14(2)21-19/h3-10,13H,11-12H2,1-2H3/t13-/m0/s1. The molecule has 0 N–H and O–H groups in total. The number of aromatic nitrogens is 2. The van der Waals surface area contributed by atoms with Crippen LogP contribution in [0.3, 0.4) is 0 Å². The quantitative estimate of drug-likeness (QED) is 0.682. The van der Waals surface area contributed by atoms with Crippen LogP contribution in [0.25, 0.3) is 5.52 Å². The zero-order valence-corrected chi connectivity index (χ0v) is 14.7. The average molecular weight is 349 g/mol. The van der Waals surface area contributed by atoms with Crippen LogP contribution in [0.4, 0.5) is 5.69 Å². The number of hydrogen-bond acceptors (Lipinski definition) is 4. The van der Waals surface area contributed by atoms with Crippen LogP contribution in [0.1, 0.15) is 28.8 Å². The molecule has 0 radical (unpaired) electrons. The molecule has 1 aliphatic heterocycles. The summed E-state index contributed by atoms with van der Waals surface area (Å²) in [7, 11) is 0. The van der Waals surface area contributed by atoms with Gasteiger partial charge in [0.05, 0.1) is 5.52 Å². The molecule has 3 aromatic rings. The highest BCUT2D eigenvalue weighted by atomic mass is 16.5. The molecule has 1 amide bonds. The van der Waals surface area contributed by atoms with E-state index in [1.165, 1.54) is 0 Å². The highest BCUT2D eigenvalue weighted by Gasteiger charge is 2.31. The number of fused-ring (bicyclic) bond motifs is 2. The molecule has 0 saturated carbocycles. The number of ether oxygens (including phenoxy) is 1. The second-order valence-electron chi connectivity index (χ2n) is 6.49. The van der Waals surface area contributed by atoms with E-state index in [9.17, 15) is 9.59 Å². The Hall–Kier alpha value is -3.15. The highest BCUT2D eigenvalue weighted by Crippen LogP contribution is 2.31. The third-order valence-corrected chi connectivity index (χ3v) is 4.72. The molecule has 0 unspecified atom stereocenters. The van der Waals surface area contributed by atoms with E-state index in [4.69, 9.17) is 4.74 Å². The van der Waals surface area contributed by atoms with Gasteiger partial charge in [-0.25, -0.2) is 9.78 Å². The second-order valence-corrected chi connectivity index (χ2v) is 6.49. The first-order valence-corrected chi connectivity index (χ1v) is 8.57. The van der Waals surface area contributed by atoms with Gasteiger partial charge in [0.1, 0.15) is 5.82 Å². The lowest BCUT2D eigenvalue weighted by molar-refractivity contribution is -0.122. The summed E-state index contributed by atoms with van der Waals surface area (Å²) < 4.78 is 7.10. The van der Waals surface area contributed by atoms with Gasteiger partial charge in [0.15, 0.2) is 12.3 Å². The number of anilines is 1. The summed E-state index contributed by atoms with van der Waals surface area (Å²) in [5.41, 5.74) is 2.92. The summed E-state index contributed by atoms with van der Waals surface area (Å²) in [5, 5.41) is 0. The van der Waals surface area contributed by atoms with Gasteiger partial charge in [0.2, 0.25) is 0 Å². The monoisotopic (exact) mass is 349 g/mol. The van der Waals surface area contributed by atoms with Crippen molar-refractivity contribution in [3.05, 3.63) is 65.7 Å². The van der Waals surface area contributed by atoms with Crippen molar-refractivity contribution in [2.75, 3.05) is 11.5 Å². The van der Waals surface area contributed by atoms with Gasteiger partial charge < -0.3 is 14.0 Å². The van der Waals surface area contributed by atoms with Gasteiger partial charge in [-0.15, -0.1) is 0 Å². The number of rotatable bonds is 3. The Kier molecular flexibility index (Phi) is 3.95. The molecule has 0 spiro atoms. The molecule has 0 saturated heterocycles. The number of nitrogens with zero attached hydrogens (tertiary/aromatic N) is 3. The fourth-order valence-electron chi connectivity index (χ4n) is 3.55. The summed E-state index contributed by atoms with van der Waals surface area (Å²) >= 11 is 0. The van der Waals surface area contributed by atoms with E-state index in [1.54, 1.807) is 11.0 Å². The molecule has 132 valence electrons. The van der Waals surface area contributed by atoms with Gasteiger partial charge in [-0.05, 0) is 44.0 Å². The van der Waals surface area contributed by atoms with Crippen molar-refractivity contribution in [3.63, 3.8) is 0 Å². The molecule has 1 atom stereocenters. The number of carbonyl (C=O) groups is 2. The number of amides is 1. The summed E-state index contributed by atoms with van der Waals surface area (Å²) in [6, 6.07) is 13.4. The number of aryl methyl sites for hydroxylation is 1. The second kappa shape index (κ2) is 6.29. The molecular weight excluding hydrogens is 330 g/mol. The Morgan fingerprint density at radius 2 is 1.96 bits per heavy atom. The number of pyridine rings is 1. The van der Waals surface area contributed by atoms with Gasteiger partial charge in [-0.2, -0.15) is 0 Å². The first-order chi connectivity index (χ1) is 12.6. The smallest absolute Gasteiger partial charge is 0.359 e. The van der Waals surface area contributed by atoms with Gasteiger partial charge in [-0.3, -0.25) is 4.79 Å². The molecule has 2 aromatic heterocycles. The summed E-state index contributed by atoms with van der Waals surface area (Å²) in [4.78, 5) is 31.1. The van der Waals surface area contributed by atoms with Crippen molar-refractivity contribution in [1.29, 1.82) is 0 Å². The van der Waals surface area contributed by atoms with Crippen molar-refractivity contribution >= 4 is 23.1 Å². The molecule has 0 fully saturated rings. The molecule has 26 heavy (non-hydrogen) atoms. The Labute approximate surface area is 151 Å². The Morgan fingerprint density at radius 1 is 1.19 bits per heavy atom. The van der Waals surface area contributed by atoms with Crippen LogP contribution in [0.15, 0.2) is 48.7 Å². The average Bonchev–Trinajstić information content (AvgIpc) is 3.16. The van der Waals surface area contributed by atoms with Gasteiger partial charge in [0, 0.05) is 17.9 Å². The van der Waals surface area contributed by atoms with Crippen molar-refractivity contribution in [2.24, 2.45) is 0 Å². The lowest BCUT2D eigenvalue weighted by Gasteiger charge is -2.22. The van der Waals surface area contributed by atoms with Crippen molar-refractivity contribution in [2.45, 2.75) is 26.3 Å². The first kappa shape index (κ1) is 16.3. The third kappa shape index (κ3) is 2.63. The number of esters is 1. The van der Waals surface area contributed by atoms with Crippen LogP contribution in [-0.4, -0.2) is 33.9 Å². The fraction of sp³-hybridized carbons (Fsp3) is 0.250. The van der Waals surface area contributed by atoms with Crippen LogP contribution in [0, 0.1) is 6.92 Å². The van der Waals surface area contributed by atoms with Crippen LogP contribution in [0.2, 0.25) is 0 Å². The predicted molar refractivity (Wildman–Crippen MR) is 97.3 cm³/mol. The number of benzene rings is 1. The maximum Gasteiger partial charge on any atom is 0.359 e. The Balaban J connectivity index is 1.50. The molecule has 6 heteroatoms. The van der Waals surface area contributed by atoms with Crippen LogP contribution in [0.5, 0.6) is 0 Å². The number of carbonyl (C=O) groups excluding carboxylic acids is 2. The number of imidazole rings is 1. The Morgan fingerprint density at radius 3 is 2.81 bits per heavy atom. The molecule has 0 aliphatic carbocycles. The first-order valence-electron chi connectivity index (χ1n) is 8.57. The van der Waals surface area contributed by atoms with E-state index in [2.05, 4.69) is 4.98 Å². The lowest BCUT2D eigenvalue weighted by Crippen LogP contribution is -2.38. The zero-order valence-electron chi connectivity index (χ0n) is 14.7. The lowest BCUT2D eigenvalue weighted by atomic mass is 10.1. The fourth-order valence-corrected chi connectivity index (χ4v) is 3.55. The highest BCUT2D eigenvalue weighted by molar-refractivity contribution is 6.00. The molecule has 4 rings (SSSR count). The van der Waals surface area contributed by atoms with E-state index in [0.717, 1.165) is 17.7 Å². The molecule has 0 bridgehead atoms. The largest absolute Gasteiger partial charge is 0.451 e. The van der Waals surface area contributed by atoms with E-state index in [1.807, 2.05) is 60.8 Å². The maximum atomic E-state index is 12.6. The summed E-state index contributed by atoms with van der Waals surface area (Å²) in [5.74, 6) is -0.118. The molecule has 1 aromatic carbocycles. The molecule has 6 nitrogen and oxygen atoms in total. The third-order valence-electron chi connectivity index (χ3n) is 4.72. The normalized spacial score (nSPS) is 15.9. The van der Waals surface area contributed by atoms with Crippen LogP contribution in [-0.2, 0) is 16.0 Å². The minimum atomic E-state index is -0.588. The minimum absolute atomic E-state index is 0.0503. The number of para-hydroxylation sites is 1. The topological polar surface area (TPSA) is 63.9 Å².